The summed E-state index contributed by atoms with van der Waals surface area (Å²) < 4.78 is 12.9. The largest absolute Gasteiger partial charge is 0.398 e. The third-order valence-corrected chi connectivity index (χ3v) is 3.48. The molecule has 0 aliphatic heterocycles. The van der Waals surface area contributed by atoms with E-state index in [9.17, 15) is 9.18 Å². The lowest BCUT2D eigenvalue weighted by Crippen LogP contribution is -2.23. The van der Waals surface area contributed by atoms with Crippen LogP contribution in [-0.4, -0.2) is 5.91 Å². The molecule has 1 aromatic heterocycles. The van der Waals surface area contributed by atoms with E-state index in [0.29, 0.717) is 12.1 Å². The fourth-order valence-corrected chi connectivity index (χ4v) is 2.41. The van der Waals surface area contributed by atoms with Gasteiger partial charge in [0.2, 0.25) is 0 Å². The molecular weight excluding hydrogens is 251 g/mol. The highest BCUT2D eigenvalue weighted by Gasteiger charge is 2.10. The molecule has 1 aromatic carbocycles. The van der Waals surface area contributed by atoms with Gasteiger partial charge in [-0.2, -0.15) is 0 Å². The summed E-state index contributed by atoms with van der Waals surface area (Å²) in [4.78, 5) is 14.1. The van der Waals surface area contributed by atoms with Crippen LogP contribution in [0.25, 0.3) is 0 Å². The lowest BCUT2D eigenvalue weighted by molar-refractivity contribution is 0.0952. The van der Waals surface area contributed by atoms with Gasteiger partial charge in [-0.3, -0.25) is 4.79 Å². The maximum atomic E-state index is 12.9. The Hall–Kier alpha value is -1.88. The summed E-state index contributed by atoms with van der Waals surface area (Å²) in [5.74, 6) is -0.739. The monoisotopic (exact) mass is 264 g/mol. The highest BCUT2D eigenvalue weighted by atomic mass is 32.1. The molecule has 0 fully saturated rings. The van der Waals surface area contributed by atoms with Crippen molar-refractivity contribution in [2.24, 2.45) is 0 Å². The van der Waals surface area contributed by atoms with Crippen LogP contribution in [0.5, 0.6) is 0 Å². The number of benzene rings is 1. The Kier molecular flexibility index (Phi) is 3.62. The molecule has 94 valence electrons. The molecule has 3 nitrogen and oxygen atoms in total. The molecule has 5 heteroatoms. The minimum atomic E-state index is -0.446. The van der Waals surface area contributed by atoms with E-state index < -0.39 is 5.82 Å². The van der Waals surface area contributed by atoms with Gasteiger partial charge in [0, 0.05) is 15.4 Å². The molecule has 3 N–H and O–H groups in total. The Morgan fingerprint density at radius 3 is 2.78 bits per heavy atom. The van der Waals surface area contributed by atoms with Crippen LogP contribution >= 0.6 is 11.3 Å². The highest BCUT2D eigenvalue weighted by Crippen LogP contribution is 2.16. The summed E-state index contributed by atoms with van der Waals surface area (Å²) in [5, 5.41) is 2.76. The van der Waals surface area contributed by atoms with Crippen LogP contribution in [0, 0.1) is 12.7 Å². The molecule has 0 bridgehead atoms. The molecule has 1 heterocycles. The molecule has 1 amide bonds. The summed E-state index contributed by atoms with van der Waals surface area (Å²) in [6.07, 6.45) is 0. The van der Waals surface area contributed by atoms with Gasteiger partial charge >= 0.3 is 0 Å². The fraction of sp³-hybridized carbons (Fsp3) is 0.154. The molecule has 0 radical (unpaired) electrons. The summed E-state index contributed by atoms with van der Waals surface area (Å²) in [5.41, 5.74) is 6.04. The zero-order valence-electron chi connectivity index (χ0n) is 9.87. The van der Waals surface area contributed by atoms with E-state index in [1.165, 1.54) is 17.0 Å². The van der Waals surface area contributed by atoms with Crippen molar-refractivity contribution in [1.82, 2.24) is 5.32 Å². The number of aryl methyl sites for hydroxylation is 1. The Morgan fingerprint density at radius 1 is 1.39 bits per heavy atom. The van der Waals surface area contributed by atoms with Crippen LogP contribution in [0.15, 0.2) is 30.3 Å². The summed E-state index contributed by atoms with van der Waals surface area (Å²) in [6, 6.07) is 7.72. The average Bonchev–Trinajstić information content (AvgIpc) is 2.72. The van der Waals surface area contributed by atoms with Crippen molar-refractivity contribution in [3.63, 3.8) is 0 Å². The number of nitrogen functional groups attached to an aromatic ring is 1. The normalized spacial score (nSPS) is 10.3. The molecule has 0 aliphatic carbocycles. The minimum absolute atomic E-state index is 0.148. The zero-order chi connectivity index (χ0) is 13.1. The first kappa shape index (κ1) is 12.6. The first-order chi connectivity index (χ1) is 8.56. The Balaban J connectivity index is 2.03. The van der Waals surface area contributed by atoms with Crippen molar-refractivity contribution in [3.05, 3.63) is 51.5 Å². The third kappa shape index (κ3) is 2.87. The predicted octanol–water partition coefficient (Wildman–Crippen LogP) is 2.71. The number of hydrogen-bond donors (Lipinski definition) is 2. The van der Waals surface area contributed by atoms with Crippen LogP contribution in [0.2, 0.25) is 0 Å². The molecule has 0 aliphatic rings. The second-order valence-corrected chi connectivity index (χ2v) is 5.30. The first-order valence-corrected chi connectivity index (χ1v) is 6.26. The van der Waals surface area contributed by atoms with Gasteiger partial charge in [-0.15, -0.1) is 11.3 Å². The Labute approximate surface area is 108 Å². The molecule has 0 atom stereocenters. The van der Waals surface area contributed by atoms with Gasteiger partial charge in [0.1, 0.15) is 5.82 Å². The molecule has 0 saturated carbocycles. The predicted molar refractivity (Wildman–Crippen MR) is 71.0 cm³/mol. The van der Waals surface area contributed by atoms with Crippen LogP contribution in [0.1, 0.15) is 20.1 Å². The first-order valence-electron chi connectivity index (χ1n) is 5.45. The molecule has 0 spiro atoms. The number of anilines is 1. The summed E-state index contributed by atoms with van der Waals surface area (Å²) in [7, 11) is 0. The van der Waals surface area contributed by atoms with E-state index >= 15 is 0 Å². The van der Waals surface area contributed by atoms with Gasteiger partial charge in [-0.05, 0) is 37.3 Å². The van der Waals surface area contributed by atoms with Crippen molar-refractivity contribution in [2.45, 2.75) is 13.5 Å². The van der Waals surface area contributed by atoms with E-state index in [2.05, 4.69) is 5.32 Å². The average molecular weight is 264 g/mol. The van der Waals surface area contributed by atoms with Gasteiger partial charge < -0.3 is 11.1 Å². The molecule has 18 heavy (non-hydrogen) atoms. The molecular formula is C13H13FN2OS. The zero-order valence-corrected chi connectivity index (χ0v) is 10.7. The molecule has 0 unspecified atom stereocenters. The van der Waals surface area contributed by atoms with Crippen LogP contribution < -0.4 is 11.1 Å². The number of carbonyl (C=O) groups excluding carboxylic acids is 1. The highest BCUT2D eigenvalue weighted by molar-refractivity contribution is 7.11. The minimum Gasteiger partial charge on any atom is -0.398 e. The molecule has 0 saturated heterocycles. The number of hydrogen-bond acceptors (Lipinski definition) is 3. The lowest BCUT2D eigenvalue weighted by Gasteiger charge is -2.06. The van der Waals surface area contributed by atoms with Crippen molar-refractivity contribution in [1.29, 1.82) is 0 Å². The fourth-order valence-electron chi connectivity index (χ4n) is 1.58. The molecule has 2 rings (SSSR count). The maximum Gasteiger partial charge on any atom is 0.253 e. The van der Waals surface area contributed by atoms with Crippen LogP contribution in [-0.2, 0) is 6.54 Å². The van der Waals surface area contributed by atoms with E-state index in [1.807, 2.05) is 19.1 Å². The van der Waals surface area contributed by atoms with Crippen LogP contribution in [0.4, 0.5) is 10.1 Å². The van der Waals surface area contributed by atoms with Crippen molar-refractivity contribution < 1.29 is 9.18 Å². The van der Waals surface area contributed by atoms with E-state index in [4.69, 9.17) is 5.73 Å². The van der Waals surface area contributed by atoms with Gasteiger partial charge in [-0.1, -0.05) is 0 Å². The number of nitrogens with one attached hydrogen (secondary N) is 1. The van der Waals surface area contributed by atoms with Crippen molar-refractivity contribution in [3.8, 4) is 0 Å². The topological polar surface area (TPSA) is 55.1 Å². The summed E-state index contributed by atoms with van der Waals surface area (Å²) >= 11 is 1.63. The SMILES string of the molecule is Cc1ccc(CNC(=O)c2ccc(F)cc2N)s1. The second-order valence-electron chi connectivity index (χ2n) is 3.93. The summed E-state index contributed by atoms with van der Waals surface area (Å²) in [6.45, 7) is 2.46. The number of halogens is 1. The van der Waals surface area contributed by atoms with Gasteiger partial charge in [0.15, 0.2) is 0 Å². The number of carbonyl (C=O) groups is 1. The maximum absolute atomic E-state index is 12.9. The number of rotatable bonds is 3. The number of amides is 1. The van der Waals surface area contributed by atoms with E-state index in [0.717, 1.165) is 10.9 Å². The Morgan fingerprint density at radius 2 is 2.17 bits per heavy atom. The quantitative estimate of drug-likeness (QED) is 0.837. The van der Waals surface area contributed by atoms with E-state index in [-0.39, 0.29) is 11.6 Å². The number of nitrogens with two attached hydrogens (primary N) is 1. The van der Waals surface area contributed by atoms with Gasteiger partial charge in [0.05, 0.1) is 12.1 Å². The standard InChI is InChI=1S/C13H13FN2OS/c1-8-2-4-10(18-8)7-16-13(17)11-5-3-9(14)6-12(11)15/h2-6H,7,15H2,1H3,(H,16,17). The second kappa shape index (κ2) is 5.18. The molecule has 2 aromatic rings. The smallest absolute Gasteiger partial charge is 0.253 e. The Bertz CT molecular complexity index is 580. The van der Waals surface area contributed by atoms with Crippen molar-refractivity contribution >= 4 is 22.9 Å². The van der Waals surface area contributed by atoms with Gasteiger partial charge in [0.25, 0.3) is 5.91 Å². The third-order valence-electron chi connectivity index (χ3n) is 2.48. The van der Waals surface area contributed by atoms with Crippen LogP contribution in [0.3, 0.4) is 0 Å². The van der Waals surface area contributed by atoms with Crippen molar-refractivity contribution in [2.75, 3.05) is 5.73 Å². The number of thiophene rings is 1. The van der Waals surface area contributed by atoms with E-state index in [1.54, 1.807) is 11.3 Å². The lowest BCUT2D eigenvalue weighted by atomic mass is 10.1. The van der Waals surface area contributed by atoms with Gasteiger partial charge in [-0.25, -0.2) is 4.39 Å².